The van der Waals surface area contributed by atoms with Crippen molar-refractivity contribution in [1.29, 1.82) is 0 Å². The smallest absolute Gasteiger partial charge is 0.310 e. The van der Waals surface area contributed by atoms with Crippen LogP contribution in [-0.2, 0) is 47.0 Å². The van der Waals surface area contributed by atoms with Crippen LogP contribution in [0.4, 0.5) is 5.69 Å². The second-order valence-electron chi connectivity index (χ2n) is 6.91. The molecule has 1 aliphatic rings. The molecule has 1 aromatic rings. The molecule has 9 heteroatoms. The molecule has 165 valence electrons. The fraction of sp³-hybridized carbons (Fsp3) is 0.524. The molecular weight excluding hydrogens is 461 g/mol. The van der Waals surface area contributed by atoms with Crippen LogP contribution in [0.15, 0.2) is 24.3 Å². The van der Waals surface area contributed by atoms with Gasteiger partial charge in [-0.3, -0.25) is 14.4 Å². The molecule has 4 N–H and O–H groups in total. The molecule has 1 fully saturated rings. The van der Waals surface area contributed by atoms with Gasteiger partial charge in [0.2, 0.25) is 5.91 Å². The van der Waals surface area contributed by atoms with E-state index in [4.69, 9.17) is 10.5 Å². The number of hydrogen-bond donors (Lipinski definition) is 3. The third-order valence-corrected chi connectivity index (χ3v) is 5.03. The van der Waals surface area contributed by atoms with Crippen LogP contribution < -0.4 is 16.4 Å². The van der Waals surface area contributed by atoms with Crippen molar-refractivity contribution in [3.63, 3.8) is 0 Å². The first-order valence-corrected chi connectivity index (χ1v) is 9.59. The van der Waals surface area contributed by atoms with Crippen LogP contribution in [0.25, 0.3) is 5.32 Å². The van der Waals surface area contributed by atoms with Crippen molar-refractivity contribution in [3.8, 4) is 0 Å². The van der Waals surface area contributed by atoms with Crippen molar-refractivity contribution >= 4 is 23.5 Å². The molecule has 0 spiro atoms. The fourth-order valence-corrected chi connectivity index (χ4v) is 3.47. The summed E-state index contributed by atoms with van der Waals surface area (Å²) in [5.41, 5.74) is 6.70. The van der Waals surface area contributed by atoms with Gasteiger partial charge in [-0.1, -0.05) is 24.6 Å². The minimum absolute atomic E-state index is 0. The number of nitrogens with two attached hydrogens (primary N) is 1. The van der Waals surface area contributed by atoms with E-state index in [9.17, 15) is 14.4 Å². The Hall–Kier alpha value is -1.51. The molecule has 1 aromatic carbocycles. The summed E-state index contributed by atoms with van der Waals surface area (Å²) in [4.78, 5) is 37.3. The summed E-state index contributed by atoms with van der Waals surface area (Å²) in [5.74, 6) is -1.31. The predicted molar refractivity (Wildman–Crippen MR) is 113 cm³/mol. The second-order valence-corrected chi connectivity index (χ2v) is 6.91. The first kappa shape index (κ1) is 28.5. The molecule has 3 atom stereocenters. The van der Waals surface area contributed by atoms with Crippen LogP contribution in [0.3, 0.4) is 0 Å². The molecule has 0 bridgehead atoms. The molecule has 2 rings (SSSR count). The molecular formula is C21H32N4O4Y-2. The molecule has 0 aromatic heterocycles. The molecule has 1 aliphatic carbocycles. The quantitative estimate of drug-likeness (QED) is 0.359. The number of methoxy groups -OCH3 is 1. The predicted octanol–water partition coefficient (Wildman–Crippen LogP) is 2.06. The Kier molecular flexibility index (Phi) is 13.8. The summed E-state index contributed by atoms with van der Waals surface area (Å²) in [5, 5.41) is 9.76. The molecule has 1 saturated carbocycles. The third-order valence-electron chi connectivity index (χ3n) is 5.03. The van der Waals surface area contributed by atoms with E-state index in [1.54, 1.807) is 31.3 Å². The normalized spacial score (nSPS) is 18.2. The van der Waals surface area contributed by atoms with E-state index in [2.05, 4.69) is 16.0 Å². The number of nitrogens with one attached hydrogen (secondary N) is 2. The number of nitrogens with zero attached hydrogens (tertiary/aromatic N) is 1. The number of rotatable bonds is 9. The third kappa shape index (κ3) is 7.97. The van der Waals surface area contributed by atoms with Gasteiger partial charge in [-0.15, -0.1) is 12.7 Å². The molecule has 30 heavy (non-hydrogen) atoms. The van der Waals surface area contributed by atoms with Gasteiger partial charge < -0.3 is 33.8 Å². The van der Waals surface area contributed by atoms with E-state index >= 15 is 0 Å². The number of esters is 1. The molecule has 0 saturated heterocycles. The number of ether oxygens (including phenoxy) is 1. The standard InChI is InChI=1S/C20H29N4O4.CH3.Y/c1-22-14-7-3-6-13(12-14)18(25)24-17(10-5-11-21)19(26)23-16-9-4-8-15(16)20(27)28-2;;/h3,6-7,12,15-17H,4-5,8-11,21H2,1-2H3,(H,23,26)(H,24,25);1H3;/q2*-1;. The fourth-order valence-electron chi connectivity index (χ4n) is 3.47. The number of amides is 2. The Morgan fingerprint density at radius 2 is 2.03 bits per heavy atom. The maximum atomic E-state index is 12.8. The summed E-state index contributed by atoms with van der Waals surface area (Å²) >= 11 is 0. The van der Waals surface area contributed by atoms with Gasteiger partial charge in [0.05, 0.1) is 13.0 Å². The average molecular weight is 493 g/mol. The molecule has 1 radical (unpaired) electrons. The van der Waals surface area contributed by atoms with Gasteiger partial charge >= 0.3 is 5.97 Å². The van der Waals surface area contributed by atoms with E-state index in [1.807, 2.05) is 0 Å². The largest absolute Gasteiger partial charge is 0.687 e. The Bertz CT molecular complexity index is 701. The van der Waals surface area contributed by atoms with Crippen molar-refractivity contribution in [1.82, 2.24) is 10.6 Å². The first-order chi connectivity index (χ1) is 13.5. The number of hydrogen-bond acceptors (Lipinski definition) is 5. The van der Waals surface area contributed by atoms with Crippen molar-refractivity contribution in [2.45, 2.75) is 44.2 Å². The zero-order valence-corrected chi connectivity index (χ0v) is 20.9. The van der Waals surface area contributed by atoms with E-state index in [0.717, 1.165) is 6.42 Å². The Labute approximate surface area is 204 Å². The Morgan fingerprint density at radius 3 is 2.67 bits per heavy atom. The summed E-state index contributed by atoms with van der Waals surface area (Å²) in [7, 11) is 2.99. The van der Waals surface area contributed by atoms with Gasteiger partial charge in [0.1, 0.15) is 6.04 Å². The van der Waals surface area contributed by atoms with Gasteiger partial charge in [-0.05, 0) is 38.3 Å². The number of carbonyl (C=O) groups excluding carboxylic acids is 3. The van der Waals surface area contributed by atoms with E-state index in [-0.39, 0.29) is 69.9 Å². The molecule has 0 aliphatic heterocycles. The maximum absolute atomic E-state index is 12.8. The second kappa shape index (κ2) is 14.5. The van der Waals surface area contributed by atoms with Gasteiger partial charge in [0, 0.05) is 44.3 Å². The number of benzene rings is 1. The number of carbonyl (C=O) groups is 3. The zero-order chi connectivity index (χ0) is 20.5. The zero-order valence-electron chi connectivity index (χ0n) is 18.0. The van der Waals surface area contributed by atoms with Crippen LogP contribution in [0.1, 0.15) is 42.5 Å². The minimum atomic E-state index is -0.725. The first-order valence-electron chi connectivity index (χ1n) is 9.59. The average Bonchev–Trinajstić information content (AvgIpc) is 3.18. The Morgan fingerprint density at radius 1 is 1.30 bits per heavy atom. The van der Waals surface area contributed by atoms with Crippen LogP contribution >= 0.6 is 0 Å². The SMILES string of the molecule is C[N-]c1cccc(C(=O)NC(CCCN)C(=O)NC2CCCC2C(=O)OC)c1.[CH3-].[Y]. The van der Waals surface area contributed by atoms with Gasteiger partial charge in [-0.2, -0.15) is 0 Å². The minimum Gasteiger partial charge on any atom is -0.687 e. The van der Waals surface area contributed by atoms with Gasteiger partial charge in [-0.25, -0.2) is 0 Å². The summed E-state index contributed by atoms with van der Waals surface area (Å²) in [6, 6.07) is 5.87. The van der Waals surface area contributed by atoms with E-state index in [1.165, 1.54) is 7.11 Å². The molecule has 0 heterocycles. The van der Waals surface area contributed by atoms with Crippen molar-refractivity contribution in [2.75, 3.05) is 20.7 Å². The van der Waals surface area contributed by atoms with Crippen molar-refractivity contribution in [2.24, 2.45) is 11.7 Å². The van der Waals surface area contributed by atoms with Crippen LogP contribution in [0, 0.1) is 13.3 Å². The summed E-state index contributed by atoms with van der Waals surface area (Å²) in [6.07, 6.45) is 3.25. The monoisotopic (exact) mass is 493 g/mol. The van der Waals surface area contributed by atoms with Crippen molar-refractivity contribution in [3.05, 3.63) is 42.6 Å². The molecule has 3 unspecified atom stereocenters. The topological polar surface area (TPSA) is 125 Å². The van der Waals surface area contributed by atoms with Gasteiger partial charge in [0.15, 0.2) is 0 Å². The van der Waals surface area contributed by atoms with Crippen molar-refractivity contribution < 1.29 is 51.8 Å². The molecule has 8 nitrogen and oxygen atoms in total. The maximum Gasteiger partial charge on any atom is 0.310 e. The van der Waals surface area contributed by atoms with Gasteiger partial charge in [0.25, 0.3) is 5.91 Å². The summed E-state index contributed by atoms with van der Waals surface area (Å²) < 4.78 is 4.83. The van der Waals surface area contributed by atoms with E-state index < -0.39 is 6.04 Å². The van der Waals surface area contributed by atoms with Crippen LogP contribution in [-0.4, -0.2) is 50.6 Å². The Balaban J connectivity index is 0.00000420. The van der Waals surface area contributed by atoms with Crippen LogP contribution in [0.2, 0.25) is 0 Å². The van der Waals surface area contributed by atoms with Crippen LogP contribution in [0.5, 0.6) is 0 Å². The summed E-state index contributed by atoms with van der Waals surface area (Å²) in [6.45, 7) is 0.415. The van der Waals surface area contributed by atoms with E-state index in [0.29, 0.717) is 43.5 Å². The molecule has 2 amide bonds.